The monoisotopic (exact) mass is 214 g/mol. The first kappa shape index (κ1) is 10.9. The van der Waals surface area contributed by atoms with Crippen molar-refractivity contribution in [3.63, 3.8) is 0 Å². The predicted molar refractivity (Wildman–Crippen MR) is 56.3 cm³/mol. The van der Waals surface area contributed by atoms with Crippen LogP contribution in [0, 0.1) is 11.8 Å². The molecular weight excluding hydrogens is 195 g/mol. The summed E-state index contributed by atoms with van der Waals surface area (Å²) in [6, 6.07) is 0. The third kappa shape index (κ3) is 2.48. The topological polar surface area (TPSA) is 32.3 Å². The van der Waals surface area contributed by atoms with Crippen molar-refractivity contribution in [2.45, 2.75) is 19.3 Å². The number of carbonyl (C=O) groups excluding carboxylic acids is 1. The quantitative estimate of drug-likeness (QED) is 0.737. The minimum Gasteiger partial charge on any atom is -0.342 e. The molecule has 0 unspecified atom stereocenters. The second-order valence-corrected chi connectivity index (χ2v) is 4.62. The van der Waals surface area contributed by atoms with Crippen molar-refractivity contribution in [3.05, 3.63) is 0 Å². The molecule has 0 aromatic heterocycles. The first-order chi connectivity index (χ1) is 7.31. The Balaban J connectivity index is 1.85. The Kier molecular flexibility index (Phi) is 3.57. The average molecular weight is 214 g/mol. The fourth-order valence-electron chi connectivity index (χ4n) is 2.49. The highest BCUT2D eigenvalue weighted by Gasteiger charge is 2.31. The van der Waals surface area contributed by atoms with Crippen LogP contribution in [0.5, 0.6) is 0 Å². The normalized spacial score (nSPS) is 28.3. The molecule has 0 spiro atoms. The second kappa shape index (κ2) is 4.92. The molecule has 0 aromatic rings. The van der Waals surface area contributed by atoms with E-state index in [-0.39, 0.29) is 24.4 Å². The lowest BCUT2D eigenvalue weighted by atomic mass is 9.97. The molecule has 1 N–H and O–H groups in total. The number of hydrogen-bond donors (Lipinski definition) is 1. The molecule has 1 amide bonds. The molecule has 2 aliphatic heterocycles. The summed E-state index contributed by atoms with van der Waals surface area (Å²) in [5.41, 5.74) is 0. The van der Waals surface area contributed by atoms with E-state index in [2.05, 4.69) is 5.32 Å². The Morgan fingerprint density at radius 2 is 2.07 bits per heavy atom. The highest BCUT2D eigenvalue weighted by atomic mass is 19.1. The highest BCUT2D eigenvalue weighted by Crippen LogP contribution is 2.22. The van der Waals surface area contributed by atoms with E-state index in [1.54, 1.807) is 0 Å². The van der Waals surface area contributed by atoms with Gasteiger partial charge in [0.15, 0.2) is 0 Å². The molecule has 4 heteroatoms. The number of piperidine rings is 1. The number of likely N-dealkylation sites (tertiary alicyclic amines) is 1. The number of rotatable bonds is 2. The van der Waals surface area contributed by atoms with E-state index in [9.17, 15) is 9.18 Å². The van der Waals surface area contributed by atoms with Gasteiger partial charge in [0.25, 0.3) is 0 Å². The zero-order chi connectivity index (χ0) is 10.7. The number of nitrogens with zero attached hydrogens (tertiary/aromatic N) is 1. The van der Waals surface area contributed by atoms with Gasteiger partial charge < -0.3 is 10.2 Å². The average Bonchev–Trinajstić information content (AvgIpc) is 2.78. The van der Waals surface area contributed by atoms with Gasteiger partial charge in [0.2, 0.25) is 5.91 Å². The molecule has 0 radical (unpaired) electrons. The predicted octanol–water partition coefficient (Wildman–Crippen LogP) is 0.804. The summed E-state index contributed by atoms with van der Waals surface area (Å²) >= 11 is 0. The van der Waals surface area contributed by atoms with Gasteiger partial charge in [-0.2, -0.15) is 0 Å². The van der Waals surface area contributed by atoms with Gasteiger partial charge >= 0.3 is 0 Å². The smallest absolute Gasteiger partial charge is 0.225 e. The Bertz CT molecular complexity index is 229. The molecule has 1 atom stereocenters. The van der Waals surface area contributed by atoms with E-state index in [1.807, 2.05) is 4.90 Å². The molecule has 2 rings (SSSR count). The van der Waals surface area contributed by atoms with Crippen LogP contribution in [0.1, 0.15) is 19.3 Å². The third-order valence-electron chi connectivity index (χ3n) is 3.50. The van der Waals surface area contributed by atoms with Gasteiger partial charge in [0.1, 0.15) is 0 Å². The number of hydrogen-bond acceptors (Lipinski definition) is 2. The summed E-state index contributed by atoms with van der Waals surface area (Å²) in [4.78, 5) is 13.9. The van der Waals surface area contributed by atoms with Crippen LogP contribution < -0.4 is 5.32 Å². The van der Waals surface area contributed by atoms with Crippen LogP contribution in [-0.2, 0) is 4.79 Å². The van der Waals surface area contributed by atoms with Gasteiger partial charge in [-0.05, 0) is 32.4 Å². The van der Waals surface area contributed by atoms with E-state index in [4.69, 9.17) is 0 Å². The lowest BCUT2D eigenvalue weighted by molar-refractivity contribution is -0.135. The van der Waals surface area contributed by atoms with Gasteiger partial charge in [-0.15, -0.1) is 0 Å². The van der Waals surface area contributed by atoms with Gasteiger partial charge in [-0.1, -0.05) is 0 Å². The largest absolute Gasteiger partial charge is 0.342 e. The zero-order valence-electron chi connectivity index (χ0n) is 9.04. The molecule has 0 aromatic carbocycles. The van der Waals surface area contributed by atoms with Crippen molar-refractivity contribution in [3.8, 4) is 0 Å². The maximum absolute atomic E-state index is 12.4. The van der Waals surface area contributed by atoms with E-state index in [1.165, 1.54) is 0 Å². The summed E-state index contributed by atoms with van der Waals surface area (Å²) in [5, 5.41) is 3.25. The highest BCUT2D eigenvalue weighted by molar-refractivity contribution is 5.79. The van der Waals surface area contributed by atoms with E-state index in [0.717, 1.165) is 38.9 Å². The second-order valence-electron chi connectivity index (χ2n) is 4.62. The number of amides is 1. The number of alkyl halides is 1. The molecular formula is C11H19FN2O. The van der Waals surface area contributed by atoms with Crippen molar-refractivity contribution in [2.75, 3.05) is 32.9 Å². The molecule has 2 aliphatic rings. The fourth-order valence-corrected chi connectivity index (χ4v) is 2.49. The molecule has 0 aliphatic carbocycles. The van der Waals surface area contributed by atoms with Crippen LogP contribution >= 0.6 is 0 Å². The zero-order valence-corrected chi connectivity index (χ0v) is 9.04. The Morgan fingerprint density at radius 1 is 1.33 bits per heavy atom. The fraction of sp³-hybridized carbons (Fsp3) is 0.909. The minimum absolute atomic E-state index is 0.0932. The van der Waals surface area contributed by atoms with E-state index in [0.29, 0.717) is 6.54 Å². The molecule has 15 heavy (non-hydrogen) atoms. The Hall–Kier alpha value is -0.640. The molecule has 86 valence electrons. The first-order valence-corrected chi connectivity index (χ1v) is 5.86. The molecule has 3 nitrogen and oxygen atoms in total. The lowest BCUT2D eigenvalue weighted by Crippen LogP contribution is -2.40. The minimum atomic E-state index is -0.282. The van der Waals surface area contributed by atoms with Crippen molar-refractivity contribution in [2.24, 2.45) is 11.8 Å². The van der Waals surface area contributed by atoms with Crippen LogP contribution in [0.2, 0.25) is 0 Å². The van der Waals surface area contributed by atoms with Crippen LogP contribution in [0.25, 0.3) is 0 Å². The van der Waals surface area contributed by atoms with Crippen molar-refractivity contribution in [1.29, 1.82) is 0 Å². The number of nitrogens with one attached hydrogen (secondary N) is 1. The van der Waals surface area contributed by atoms with Crippen LogP contribution in [-0.4, -0.2) is 43.7 Å². The van der Waals surface area contributed by atoms with Crippen LogP contribution in [0.4, 0.5) is 4.39 Å². The standard InChI is InChI=1S/C11H19FN2O/c12-7-9-3-6-14(8-9)11(15)10-1-4-13-5-2-10/h9-10,13H,1-8H2/t9-/m0/s1. The number of carbonyl (C=O) groups is 1. The van der Waals surface area contributed by atoms with Crippen molar-refractivity contribution < 1.29 is 9.18 Å². The maximum Gasteiger partial charge on any atom is 0.225 e. The van der Waals surface area contributed by atoms with E-state index < -0.39 is 0 Å². The maximum atomic E-state index is 12.4. The molecule has 2 fully saturated rings. The SMILES string of the molecule is O=C(C1CCNCC1)N1CC[C@@H](CF)C1. The van der Waals surface area contributed by atoms with Gasteiger partial charge in [-0.3, -0.25) is 9.18 Å². The van der Waals surface area contributed by atoms with Gasteiger partial charge in [-0.25, -0.2) is 0 Å². The summed E-state index contributed by atoms with van der Waals surface area (Å²) < 4.78 is 12.4. The van der Waals surface area contributed by atoms with Crippen LogP contribution in [0.15, 0.2) is 0 Å². The van der Waals surface area contributed by atoms with Crippen molar-refractivity contribution >= 4 is 5.91 Å². The van der Waals surface area contributed by atoms with Crippen LogP contribution in [0.3, 0.4) is 0 Å². The summed E-state index contributed by atoms with van der Waals surface area (Å²) in [6.07, 6.45) is 2.72. The van der Waals surface area contributed by atoms with Gasteiger partial charge in [0.05, 0.1) is 6.67 Å². The van der Waals surface area contributed by atoms with Gasteiger partial charge in [0, 0.05) is 24.9 Å². The summed E-state index contributed by atoms with van der Waals surface area (Å²) in [5.74, 6) is 0.535. The van der Waals surface area contributed by atoms with E-state index >= 15 is 0 Å². The third-order valence-corrected chi connectivity index (χ3v) is 3.50. The molecule has 2 saturated heterocycles. The molecule has 0 bridgehead atoms. The summed E-state index contributed by atoms with van der Waals surface area (Å²) in [6.45, 7) is 3.00. The Morgan fingerprint density at radius 3 is 2.67 bits per heavy atom. The molecule has 2 heterocycles. The summed E-state index contributed by atoms with van der Waals surface area (Å²) in [7, 11) is 0. The van der Waals surface area contributed by atoms with Crippen molar-refractivity contribution in [1.82, 2.24) is 10.2 Å². The first-order valence-electron chi connectivity index (χ1n) is 5.86. The Labute approximate surface area is 90.0 Å². The lowest BCUT2D eigenvalue weighted by Gasteiger charge is -2.26. The number of halogens is 1. The molecule has 0 saturated carbocycles.